The van der Waals surface area contributed by atoms with Crippen LogP contribution >= 0.6 is 23.2 Å². The molecule has 9 heteroatoms. The number of carbonyl (C=O) groups excluding carboxylic acids is 3. The van der Waals surface area contributed by atoms with E-state index in [4.69, 9.17) is 23.2 Å². The van der Waals surface area contributed by atoms with Gasteiger partial charge in [0.2, 0.25) is 0 Å². The molecule has 0 unspecified atom stereocenters. The molecule has 0 radical (unpaired) electrons. The Hall–Kier alpha value is -2.64. The molecule has 3 amide bonds. The normalized spacial score (nSPS) is 10.1. The van der Waals surface area contributed by atoms with Crippen molar-refractivity contribution in [3.05, 3.63) is 57.3 Å². The van der Waals surface area contributed by atoms with Gasteiger partial charge in [-0.1, -0.05) is 35.3 Å². The summed E-state index contributed by atoms with van der Waals surface area (Å²) in [6, 6.07) is 6.82. The number of aromatic nitrogens is 1. The van der Waals surface area contributed by atoms with Crippen molar-refractivity contribution >= 4 is 46.8 Å². The molecule has 2 N–H and O–H groups in total. The third-order valence-corrected chi connectivity index (χ3v) is 3.64. The Kier molecular flexibility index (Phi) is 5.95. The third kappa shape index (κ3) is 4.46. The highest BCUT2D eigenvalue weighted by Gasteiger charge is 2.19. The smallest absolute Gasteiger partial charge is 0.339 e. The predicted molar refractivity (Wildman–Crippen MR) is 93.3 cm³/mol. The maximum absolute atomic E-state index is 12.2. The van der Waals surface area contributed by atoms with Crippen molar-refractivity contribution in [2.45, 2.75) is 6.92 Å². The number of rotatable bonds is 3. The van der Waals surface area contributed by atoms with Crippen molar-refractivity contribution in [3.8, 4) is 0 Å². The van der Waals surface area contributed by atoms with Gasteiger partial charge in [0.25, 0.3) is 5.91 Å². The van der Waals surface area contributed by atoms with E-state index in [0.29, 0.717) is 5.56 Å². The van der Waals surface area contributed by atoms with E-state index in [-0.39, 0.29) is 27.1 Å². The SMILES string of the molecule is COC(=O)c1ccccc1NC(=O)NC(=O)c1c(C)cc(Cl)nc1Cl. The zero-order chi connectivity index (χ0) is 18.6. The molecule has 0 aliphatic carbocycles. The van der Waals surface area contributed by atoms with E-state index in [2.05, 4.69) is 20.4 Å². The number of hydrogen-bond donors (Lipinski definition) is 2. The molecule has 1 heterocycles. The topological polar surface area (TPSA) is 97.4 Å². The van der Waals surface area contributed by atoms with E-state index in [9.17, 15) is 14.4 Å². The number of imide groups is 1. The maximum atomic E-state index is 12.2. The number of carbonyl (C=O) groups is 3. The van der Waals surface area contributed by atoms with Gasteiger partial charge in [0.1, 0.15) is 10.3 Å². The summed E-state index contributed by atoms with van der Waals surface area (Å²) < 4.78 is 4.64. The third-order valence-electron chi connectivity index (χ3n) is 3.18. The Labute approximate surface area is 153 Å². The highest BCUT2D eigenvalue weighted by atomic mass is 35.5. The zero-order valence-corrected chi connectivity index (χ0v) is 14.7. The molecule has 2 rings (SSSR count). The largest absolute Gasteiger partial charge is 0.465 e. The average molecular weight is 382 g/mol. The fourth-order valence-electron chi connectivity index (χ4n) is 2.07. The van der Waals surface area contributed by atoms with E-state index in [0.717, 1.165) is 0 Å². The van der Waals surface area contributed by atoms with Crippen LogP contribution in [0, 0.1) is 6.92 Å². The van der Waals surface area contributed by atoms with Gasteiger partial charge in [0, 0.05) is 0 Å². The van der Waals surface area contributed by atoms with Gasteiger partial charge in [-0.15, -0.1) is 0 Å². The number of urea groups is 1. The van der Waals surface area contributed by atoms with Gasteiger partial charge in [-0.05, 0) is 30.7 Å². The first kappa shape index (κ1) is 18.7. The summed E-state index contributed by atoms with van der Waals surface area (Å²) in [5.74, 6) is -1.37. The zero-order valence-electron chi connectivity index (χ0n) is 13.2. The molecule has 0 bridgehead atoms. The van der Waals surface area contributed by atoms with Gasteiger partial charge in [0.15, 0.2) is 0 Å². The number of amides is 3. The first-order valence-corrected chi connectivity index (χ1v) is 7.71. The first-order chi connectivity index (χ1) is 11.8. The lowest BCUT2D eigenvalue weighted by Gasteiger charge is -2.11. The number of halogens is 2. The molecule has 2 aromatic rings. The Balaban J connectivity index is 2.17. The number of anilines is 1. The molecule has 0 atom stereocenters. The number of nitrogens with zero attached hydrogens (tertiary/aromatic N) is 1. The Bertz CT molecular complexity index is 832. The number of pyridine rings is 1. The monoisotopic (exact) mass is 381 g/mol. The quantitative estimate of drug-likeness (QED) is 0.626. The predicted octanol–water partition coefficient (Wildman–Crippen LogP) is 3.45. The molecule has 0 aliphatic heterocycles. The van der Waals surface area contributed by atoms with Crippen LogP contribution in [0.25, 0.3) is 0 Å². The molecule has 7 nitrogen and oxygen atoms in total. The number of methoxy groups -OCH3 is 1. The summed E-state index contributed by atoms with van der Waals surface area (Å²) in [6.45, 7) is 1.61. The van der Waals surface area contributed by atoms with Crippen molar-refractivity contribution in [2.75, 3.05) is 12.4 Å². The van der Waals surface area contributed by atoms with Crippen molar-refractivity contribution in [2.24, 2.45) is 0 Å². The second kappa shape index (κ2) is 7.96. The molecule has 0 aliphatic rings. The van der Waals surface area contributed by atoms with Crippen LogP contribution in [-0.2, 0) is 4.74 Å². The minimum Gasteiger partial charge on any atom is -0.465 e. The Morgan fingerprint density at radius 2 is 1.84 bits per heavy atom. The molecule has 130 valence electrons. The lowest BCUT2D eigenvalue weighted by molar-refractivity contribution is 0.0602. The van der Waals surface area contributed by atoms with E-state index >= 15 is 0 Å². The average Bonchev–Trinajstić information content (AvgIpc) is 2.53. The van der Waals surface area contributed by atoms with Crippen molar-refractivity contribution < 1.29 is 19.1 Å². The number of hydrogen-bond acceptors (Lipinski definition) is 5. The number of aryl methyl sites for hydroxylation is 1. The van der Waals surface area contributed by atoms with Crippen LogP contribution in [0.4, 0.5) is 10.5 Å². The van der Waals surface area contributed by atoms with Gasteiger partial charge >= 0.3 is 12.0 Å². The van der Waals surface area contributed by atoms with E-state index in [1.54, 1.807) is 19.1 Å². The van der Waals surface area contributed by atoms with Gasteiger partial charge in [-0.25, -0.2) is 14.6 Å². The minimum absolute atomic E-state index is 0.0301. The number of ether oxygens (including phenoxy) is 1. The van der Waals surface area contributed by atoms with Crippen LogP contribution in [0.15, 0.2) is 30.3 Å². The highest BCUT2D eigenvalue weighted by molar-refractivity contribution is 6.35. The summed E-state index contributed by atoms with van der Waals surface area (Å²) in [5, 5.41) is 4.55. The van der Waals surface area contributed by atoms with E-state index < -0.39 is 17.9 Å². The van der Waals surface area contributed by atoms with Crippen molar-refractivity contribution in [1.82, 2.24) is 10.3 Å². The van der Waals surface area contributed by atoms with Crippen molar-refractivity contribution in [1.29, 1.82) is 0 Å². The molecule has 0 saturated heterocycles. The van der Waals surface area contributed by atoms with Gasteiger partial charge in [-0.3, -0.25) is 10.1 Å². The molecule has 1 aromatic heterocycles. The summed E-state index contributed by atoms with van der Waals surface area (Å²) in [4.78, 5) is 39.8. The number of nitrogens with one attached hydrogen (secondary N) is 2. The molecular formula is C16H13Cl2N3O4. The highest BCUT2D eigenvalue weighted by Crippen LogP contribution is 2.21. The van der Waals surface area contributed by atoms with Crippen molar-refractivity contribution in [3.63, 3.8) is 0 Å². The molecule has 0 spiro atoms. The van der Waals surface area contributed by atoms with E-state index in [1.165, 1.54) is 25.3 Å². The molecule has 0 saturated carbocycles. The van der Waals surface area contributed by atoms with Gasteiger partial charge < -0.3 is 10.1 Å². The van der Waals surface area contributed by atoms with Crippen LogP contribution in [0.3, 0.4) is 0 Å². The fraction of sp³-hybridized carbons (Fsp3) is 0.125. The van der Waals surface area contributed by atoms with Crippen LogP contribution in [0.1, 0.15) is 26.3 Å². The second-order valence-electron chi connectivity index (χ2n) is 4.87. The number of para-hydroxylation sites is 1. The molecular weight excluding hydrogens is 369 g/mol. The van der Waals surface area contributed by atoms with Crippen LogP contribution < -0.4 is 10.6 Å². The number of esters is 1. The Morgan fingerprint density at radius 1 is 1.16 bits per heavy atom. The summed E-state index contributed by atoms with van der Waals surface area (Å²) in [5.41, 5.74) is 0.833. The number of benzene rings is 1. The lowest BCUT2D eigenvalue weighted by Crippen LogP contribution is -2.35. The molecule has 25 heavy (non-hydrogen) atoms. The summed E-state index contributed by atoms with van der Waals surface area (Å²) in [6.07, 6.45) is 0. The second-order valence-corrected chi connectivity index (χ2v) is 5.62. The standard InChI is InChI=1S/C16H13Cl2N3O4/c1-8-7-11(17)20-13(18)12(8)14(22)21-16(24)19-10-6-4-3-5-9(10)15(23)25-2/h3-7H,1-2H3,(H2,19,21,22,24). The van der Waals surface area contributed by atoms with Gasteiger partial charge in [-0.2, -0.15) is 0 Å². The molecule has 0 fully saturated rings. The van der Waals surface area contributed by atoms with Gasteiger partial charge in [0.05, 0.1) is 23.9 Å². The first-order valence-electron chi connectivity index (χ1n) is 6.95. The van der Waals surface area contributed by atoms with Crippen LogP contribution in [-0.4, -0.2) is 30.0 Å². The van der Waals surface area contributed by atoms with Crippen LogP contribution in [0.5, 0.6) is 0 Å². The lowest BCUT2D eigenvalue weighted by atomic mass is 10.1. The van der Waals surface area contributed by atoms with E-state index in [1.807, 2.05) is 0 Å². The van der Waals surface area contributed by atoms with Crippen LogP contribution in [0.2, 0.25) is 10.3 Å². The summed E-state index contributed by atoms with van der Waals surface area (Å²) in [7, 11) is 1.22. The minimum atomic E-state index is -0.841. The Morgan fingerprint density at radius 3 is 2.48 bits per heavy atom. The molecule has 1 aromatic carbocycles. The summed E-state index contributed by atoms with van der Waals surface area (Å²) >= 11 is 11.7. The fourth-order valence-corrected chi connectivity index (χ4v) is 2.68. The maximum Gasteiger partial charge on any atom is 0.339 e.